The maximum absolute atomic E-state index is 12.7. The summed E-state index contributed by atoms with van der Waals surface area (Å²) in [5.74, 6) is -2.59. The molecule has 0 radical (unpaired) electrons. The summed E-state index contributed by atoms with van der Waals surface area (Å²) in [4.78, 5) is 40.0. The molecule has 0 spiro atoms. The van der Waals surface area contributed by atoms with E-state index < -0.39 is 34.5 Å². The minimum absolute atomic E-state index is 0.0318. The number of carbonyl (C=O) groups excluding carboxylic acids is 1. The molecular formula is C17H13ClN2O6. The Hall–Kier alpha value is -2.97. The lowest BCUT2D eigenvalue weighted by atomic mass is 9.97. The van der Waals surface area contributed by atoms with Crippen molar-refractivity contribution in [2.24, 2.45) is 5.92 Å². The minimum atomic E-state index is -1.31. The molecule has 1 heterocycles. The molecule has 1 aliphatic heterocycles. The first kappa shape index (κ1) is 17.8. The molecule has 1 N–H and O–H groups in total. The van der Waals surface area contributed by atoms with Crippen LogP contribution < -0.4 is 5.06 Å². The van der Waals surface area contributed by atoms with Crippen molar-refractivity contribution in [2.45, 2.75) is 6.10 Å². The molecule has 134 valence electrons. The molecule has 0 bridgehead atoms. The van der Waals surface area contributed by atoms with Crippen LogP contribution in [0.25, 0.3) is 0 Å². The van der Waals surface area contributed by atoms with Crippen LogP contribution in [0, 0.1) is 16.0 Å². The van der Waals surface area contributed by atoms with E-state index in [1.807, 2.05) is 6.07 Å². The first-order chi connectivity index (χ1) is 12.4. The van der Waals surface area contributed by atoms with Crippen molar-refractivity contribution in [2.75, 3.05) is 10.9 Å². The SMILES string of the molecule is O=C(O)c1ccc(N2OC(c3ccccc3)C(CCl)C2=O)c([N+](=O)[O-])c1. The number of anilines is 1. The van der Waals surface area contributed by atoms with E-state index in [0.717, 1.165) is 11.1 Å². The maximum Gasteiger partial charge on any atom is 0.335 e. The van der Waals surface area contributed by atoms with Gasteiger partial charge in [-0.2, -0.15) is 5.06 Å². The highest BCUT2D eigenvalue weighted by Crippen LogP contribution is 2.41. The number of hydrogen-bond donors (Lipinski definition) is 1. The van der Waals surface area contributed by atoms with Crippen molar-refractivity contribution in [3.63, 3.8) is 0 Å². The molecule has 0 saturated carbocycles. The Morgan fingerprint density at radius 2 is 1.96 bits per heavy atom. The predicted molar refractivity (Wildman–Crippen MR) is 92.0 cm³/mol. The number of benzene rings is 2. The second-order valence-corrected chi connectivity index (χ2v) is 5.90. The van der Waals surface area contributed by atoms with Crippen LogP contribution in [0.4, 0.5) is 11.4 Å². The number of rotatable bonds is 5. The van der Waals surface area contributed by atoms with Crippen LogP contribution in [0.1, 0.15) is 22.0 Å². The topological polar surface area (TPSA) is 110 Å². The molecule has 1 amide bonds. The van der Waals surface area contributed by atoms with Crippen LogP contribution in [-0.4, -0.2) is 27.8 Å². The fraction of sp³-hybridized carbons (Fsp3) is 0.176. The zero-order chi connectivity index (χ0) is 18.8. The number of hydroxylamine groups is 1. The van der Waals surface area contributed by atoms with Gasteiger partial charge in [0.05, 0.1) is 16.4 Å². The average molecular weight is 377 g/mol. The standard InChI is InChI=1S/C17H13ClN2O6/c18-9-12-15(10-4-2-1-3-5-10)26-19(16(12)21)13-7-6-11(17(22)23)8-14(13)20(24)25/h1-8,12,15H,9H2,(H,22,23). The van der Waals surface area contributed by atoms with Gasteiger partial charge in [-0.3, -0.25) is 19.7 Å². The van der Waals surface area contributed by atoms with Crippen molar-refractivity contribution in [3.05, 3.63) is 69.8 Å². The van der Waals surface area contributed by atoms with Gasteiger partial charge in [-0.25, -0.2) is 4.79 Å². The van der Waals surface area contributed by atoms with Gasteiger partial charge < -0.3 is 5.11 Å². The molecule has 1 saturated heterocycles. The van der Waals surface area contributed by atoms with Gasteiger partial charge in [-0.15, -0.1) is 11.6 Å². The number of carboxylic acids is 1. The van der Waals surface area contributed by atoms with Crippen molar-refractivity contribution in [1.82, 2.24) is 0 Å². The zero-order valence-electron chi connectivity index (χ0n) is 13.2. The number of nitrogens with zero attached hydrogens (tertiary/aromatic N) is 2. The van der Waals surface area contributed by atoms with Gasteiger partial charge in [0.15, 0.2) is 5.69 Å². The summed E-state index contributed by atoms with van der Waals surface area (Å²) in [5.41, 5.74) is -0.238. The van der Waals surface area contributed by atoms with Crippen molar-refractivity contribution < 1.29 is 24.5 Å². The number of alkyl halides is 1. The molecular weight excluding hydrogens is 364 g/mol. The Balaban J connectivity index is 2.03. The van der Waals surface area contributed by atoms with E-state index >= 15 is 0 Å². The van der Waals surface area contributed by atoms with Crippen LogP contribution in [0.15, 0.2) is 48.5 Å². The number of amides is 1. The molecule has 2 aromatic carbocycles. The van der Waals surface area contributed by atoms with E-state index in [9.17, 15) is 19.7 Å². The molecule has 1 aliphatic rings. The molecule has 8 nitrogen and oxygen atoms in total. The lowest BCUT2D eigenvalue weighted by molar-refractivity contribution is -0.384. The van der Waals surface area contributed by atoms with Gasteiger partial charge in [-0.1, -0.05) is 30.3 Å². The van der Waals surface area contributed by atoms with Crippen LogP contribution in [0.5, 0.6) is 0 Å². The molecule has 26 heavy (non-hydrogen) atoms. The fourth-order valence-electron chi connectivity index (χ4n) is 2.75. The monoisotopic (exact) mass is 376 g/mol. The quantitative estimate of drug-likeness (QED) is 0.487. The van der Waals surface area contributed by atoms with E-state index in [4.69, 9.17) is 21.5 Å². The zero-order valence-corrected chi connectivity index (χ0v) is 14.0. The van der Waals surface area contributed by atoms with Gasteiger partial charge in [0, 0.05) is 11.9 Å². The highest BCUT2D eigenvalue weighted by Gasteiger charge is 2.45. The number of carboxylic acid groups (broad SMARTS) is 1. The smallest absolute Gasteiger partial charge is 0.335 e. The Morgan fingerprint density at radius 3 is 2.54 bits per heavy atom. The van der Waals surface area contributed by atoms with Gasteiger partial charge >= 0.3 is 5.97 Å². The minimum Gasteiger partial charge on any atom is -0.478 e. The van der Waals surface area contributed by atoms with E-state index in [-0.39, 0.29) is 17.1 Å². The third-order valence-corrected chi connectivity index (χ3v) is 4.37. The van der Waals surface area contributed by atoms with Crippen LogP contribution in [0.2, 0.25) is 0 Å². The normalized spacial score (nSPS) is 19.6. The summed E-state index contributed by atoms with van der Waals surface area (Å²) in [6.45, 7) is 0. The molecule has 2 atom stereocenters. The Labute approximate surface area is 152 Å². The Kier molecular flexibility index (Phi) is 4.88. The summed E-state index contributed by atoms with van der Waals surface area (Å²) in [6.07, 6.45) is -0.694. The van der Waals surface area contributed by atoms with Crippen molar-refractivity contribution in [3.8, 4) is 0 Å². The second-order valence-electron chi connectivity index (χ2n) is 5.60. The second kappa shape index (κ2) is 7.11. The Morgan fingerprint density at radius 1 is 1.27 bits per heavy atom. The molecule has 0 aliphatic carbocycles. The summed E-state index contributed by atoms with van der Waals surface area (Å²) >= 11 is 5.93. The lowest BCUT2D eigenvalue weighted by Crippen LogP contribution is -2.27. The maximum atomic E-state index is 12.7. The summed E-state index contributed by atoms with van der Waals surface area (Å²) < 4.78 is 0. The molecule has 9 heteroatoms. The van der Waals surface area contributed by atoms with Gasteiger partial charge in [0.25, 0.3) is 11.6 Å². The summed E-state index contributed by atoms with van der Waals surface area (Å²) in [5, 5.41) is 21.2. The van der Waals surface area contributed by atoms with Gasteiger partial charge in [-0.05, 0) is 17.7 Å². The molecule has 1 fully saturated rings. The number of halogens is 1. The number of nitro benzene ring substituents is 1. The predicted octanol–water partition coefficient (Wildman–Crippen LogP) is 3.17. The number of hydrogen-bond acceptors (Lipinski definition) is 5. The number of aromatic carboxylic acids is 1. The molecule has 3 rings (SSSR count). The van der Waals surface area contributed by atoms with E-state index in [0.29, 0.717) is 5.56 Å². The van der Waals surface area contributed by atoms with E-state index in [2.05, 4.69) is 0 Å². The summed E-state index contributed by atoms with van der Waals surface area (Å²) in [7, 11) is 0. The molecule has 2 aromatic rings. The third kappa shape index (κ3) is 3.12. The third-order valence-electron chi connectivity index (χ3n) is 4.03. The van der Waals surface area contributed by atoms with Crippen LogP contribution in [0.3, 0.4) is 0 Å². The van der Waals surface area contributed by atoms with Crippen molar-refractivity contribution in [1.29, 1.82) is 0 Å². The van der Waals surface area contributed by atoms with Crippen LogP contribution in [-0.2, 0) is 9.63 Å². The van der Waals surface area contributed by atoms with Crippen molar-refractivity contribution >= 4 is 34.9 Å². The largest absolute Gasteiger partial charge is 0.478 e. The first-order valence-electron chi connectivity index (χ1n) is 7.57. The molecule has 2 unspecified atom stereocenters. The van der Waals surface area contributed by atoms with Crippen LogP contribution >= 0.6 is 11.6 Å². The van der Waals surface area contributed by atoms with Gasteiger partial charge in [0.2, 0.25) is 0 Å². The van der Waals surface area contributed by atoms with Gasteiger partial charge in [0.1, 0.15) is 6.10 Å². The highest BCUT2D eigenvalue weighted by atomic mass is 35.5. The average Bonchev–Trinajstić information content (AvgIpc) is 2.98. The Bertz CT molecular complexity index is 873. The van der Waals surface area contributed by atoms with E-state index in [1.165, 1.54) is 12.1 Å². The lowest BCUT2D eigenvalue weighted by Gasteiger charge is -2.16. The summed E-state index contributed by atoms with van der Waals surface area (Å²) in [6, 6.07) is 12.1. The number of nitro groups is 1. The van der Waals surface area contributed by atoms with E-state index in [1.54, 1.807) is 24.3 Å². The molecule has 0 aromatic heterocycles. The fourth-order valence-corrected chi connectivity index (χ4v) is 3.05. The first-order valence-corrected chi connectivity index (χ1v) is 8.11. The number of carbonyl (C=O) groups is 2. The highest BCUT2D eigenvalue weighted by molar-refractivity contribution is 6.20.